The van der Waals surface area contributed by atoms with Gasteiger partial charge < -0.3 is 19.4 Å². The fourth-order valence-corrected chi connectivity index (χ4v) is 4.43. The number of nitrogens with zero attached hydrogens (tertiary/aromatic N) is 2. The molecule has 7 heteroatoms. The summed E-state index contributed by atoms with van der Waals surface area (Å²) in [6.07, 6.45) is 5.90. The molecule has 3 aromatic carbocycles. The molecule has 1 heterocycles. The molecule has 0 aliphatic rings. The second-order valence-corrected chi connectivity index (χ2v) is 9.88. The summed E-state index contributed by atoms with van der Waals surface area (Å²) in [5, 5.41) is 3.57. The Morgan fingerprint density at radius 2 is 1.61 bits per heavy atom. The van der Waals surface area contributed by atoms with E-state index in [1.54, 1.807) is 24.3 Å². The van der Waals surface area contributed by atoms with Crippen molar-refractivity contribution in [3.05, 3.63) is 89.2 Å². The highest BCUT2D eigenvalue weighted by Gasteiger charge is 2.10. The Kier molecular flexibility index (Phi) is 10.5. The standard InChI is InChI=1S/C31H36ClN3O3/c1-24-12-16-26(17-13-24)37-22-8-7-21-35-29-10-5-4-9-28(29)34-30(35)11-3-2-6-20-33-31(36)23-38-27-18-14-25(32)15-19-27/h4-5,9-10,12-19H,2-3,6-8,11,20-23H2,1H3,(H,33,36). The summed E-state index contributed by atoms with van der Waals surface area (Å²) in [4.78, 5) is 16.9. The molecule has 4 rings (SSSR count). The van der Waals surface area contributed by atoms with Gasteiger partial charge in [-0.1, -0.05) is 47.9 Å². The summed E-state index contributed by atoms with van der Waals surface area (Å²) in [7, 11) is 0. The summed E-state index contributed by atoms with van der Waals surface area (Å²) >= 11 is 5.87. The lowest BCUT2D eigenvalue weighted by Gasteiger charge is -2.11. The Labute approximate surface area is 229 Å². The average molecular weight is 534 g/mol. The van der Waals surface area contributed by atoms with Gasteiger partial charge in [0.25, 0.3) is 5.91 Å². The minimum absolute atomic E-state index is 0.00170. The minimum Gasteiger partial charge on any atom is -0.494 e. The first-order valence-electron chi connectivity index (χ1n) is 13.4. The van der Waals surface area contributed by atoms with Gasteiger partial charge in [-0.2, -0.15) is 0 Å². The molecule has 0 radical (unpaired) electrons. The van der Waals surface area contributed by atoms with Gasteiger partial charge in [0.15, 0.2) is 6.61 Å². The SMILES string of the molecule is Cc1ccc(OCCCCn2c(CCCCCNC(=O)COc3ccc(Cl)cc3)nc3ccccc32)cc1. The van der Waals surface area contributed by atoms with Gasteiger partial charge in [0, 0.05) is 24.5 Å². The van der Waals surface area contributed by atoms with Gasteiger partial charge in [0.1, 0.15) is 17.3 Å². The largest absolute Gasteiger partial charge is 0.494 e. The maximum atomic E-state index is 12.0. The van der Waals surface area contributed by atoms with Crippen molar-refractivity contribution >= 4 is 28.5 Å². The van der Waals surface area contributed by atoms with Gasteiger partial charge in [-0.15, -0.1) is 0 Å². The third kappa shape index (κ3) is 8.52. The summed E-state index contributed by atoms with van der Waals surface area (Å²) < 4.78 is 13.7. The molecule has 0 bridgehead atoms. The minimum atomic E-state index is -0.117. The van der Waals surface area contributed by atoms with Gasteiger partial charge in [-0.05, 0) is 81.1 Å². The van der Waals surface area contributed by atoms with E-state index < -0.39 is 0 Å². The Morgan fingerprint density at radius 3 is 2.42 bits per heavy atom. The van der Waals surface area contributed by atoms with E-state index in [9.17, 15) is 4.79 Å². The number of fused-ring (bicyclic) bond motifs is 1. The van der Waals surface area contributed by atoms with Crippen LogP contribution in [0.3, 0.4) is 0 Å². The Hall–Kier alpha value is -3.51. The third-order valence-electron chi connectivity index (χ3n) is 6.38. The number of imidazole rings is 1. The van der Waals surface area contributed by atoms with Crippen molar-refractivity contribution in [1.82, 2.24) is 14.9 Å². The third-order valence-corrected chi connectivity index (χ3v) is 6.63. The average Bonchev–Trinajstić information content (AvgIpc) is 3.28. The second-order valence-electron chi connectivity index (χ2n) is 9.44. The summed E-state index contributed by atoms with van der Waals surface area (Å²) in [5.41, 5.74) is 3.47. The van der Waals surface area contributed by atoms with Crippen molar-refractivity contribution in [3.63, 3.8) is 0 Å². The second kappa shape index (κ2) is 14.4. The lowest BCUT2D eigenvalue weighted by atomic mass is 10.2. The number of aromatic nitrogens is 2. The molecule has 1 amide bonds. The van der Waals surface area contributed by atoms with Crippen LogP contribution in [0.1, 0.15) is 43.5 Å². The van der Waals surface area contributed by atoms with E-state index in [1.165, 1.54) is 11.1 Å². The highest BCUT2D eigenvalue weighted by atomic mass is 35.5. The molecule has 0 spiro atoms. The van der Waals surface area contributed by atoms with Crippen molar-refractivity contribution in [2.45, 2.75) is 52.0 Å². The van der Waals surface area contributed by atoms with E-state index in [-0.39, 0.29) is 12.5 Å². The molecular formula is C31H36ClN3O3. The number of carbonyl (C=O) groups excluding carboxylic acids is 1. The number of para-hydroxylation sites is 2. The van der Waals surface area contributed by atoms with Crippen LogP contribution in [0.2, 0.25) is 5.02 Å². The van der Waals surface area contributed by atoms with Gasteiger partial charge in [0.2, 0.25) is 0 Å². The zero-order valence-corrected chi connectivity index (χ0v) is 22.8. The molecule has 38 heavy (non-hydrogen) atoms. The lowest BCUT2D eigenvalue weighted by molar-refractivity contribution is -0.123. The van der Waals surface area contributed by atoms with Crippen LogP contribution in [-0.4, -0.2) is 35.2 Å². The maximum Gasteiger partial charge on any atom is 0.257 e. The molecule has 0 unspecified atom stereocenters. The van der Waals surface area contributed by atoms with Crippen LogP contribution in [0.5, 0.6) is 11.5 Å². The summed E-state index contributed by atoms with van der Waals surface area (Å²) in [6, 6.07) is 23.5. The van der Waals surface area contributed by atoms with E-state index in [4.69, 9.17) is 26.1 Å². The smallest absolute Gasteiger partial charge is 0.257 e. The number of benzene rings is 3. The fourth-order valence-electron chi connectivity index (χ4n) is 4.31. The van der Waals surface area contributed by atoms with Crippen LogP contribution in [0.15, 0.2) is 72.8 Å². The zero-order chi connectivity index (χ0) is 26.6. The first kappa shape index (κ1) is 27.5. The van der Waals surface area contributed by atoms with E-state index in [0.29, 0.717) is 23.9 Å². The molecule has 1 aromatic heterocycles. The number of halogens is 1. The monoisotopic (exact) mass is 533 g/mol. The van der Waals surface area contributed by atoms with E-state index in [0.717, 1.165) is 62.2 Å². The van der Waals surface area contributed by atoms with Crippen LogP contribution < -0.4 is 14.8 Å². The zero-order valence-electron chi connectivity index (χ0n) is 22.0. The predicted molar refractivity (Wildman–Crippen MR) is 153 cm³/mol. The molecule has 0 fully saturated rings. The maximum absolute atomic E-state index is 12.0. The molecule has 0 saturated carbocycles. The first-order chi connectivity index (χ1) is 18.6. The molecule has 4 aromatic rings. The summed E-state index contributed by atoms with van der Waals surface area (Å²) in [6.45, 7) is 4.36. The molecular weight excluding hydrogens is 498 g/mol. The Morgan fingerprint density at radius 1 is 0.868 bits per heavy atom. The van der Waals surface area contributed by atoms with Crippen molar-refractivity contribution in [3.8, 4) is 11.5 Å². The molecule has 6 nitrogen and oxygen atoms in total. The summed E-state index contributed by atoms with van der Waals surface area (Å²) in [5.74, 6) is 2.57. The number of carbonyl (C=O) groups is 1. The topological polar surface area (TPSA) is 65.4 Å². The van der Waals surface area contributed by atoms with Crippen LogP contribution in [-0.2, 0) is 17.8 Å². The first-order valence-corrected chi connectivity index (χ1v) is 13.7. The van der Waals surface area contributed by atoms with Gasteiger partial charge in [-0.3, -0.25) is 4.79 Å². The number of unbranched alkanes of at least 4 members (excludes halogenated alkanes) is 3. The van der Waals surface area contributed by atoms with Gasteiger partial charge >= 0.3 is 0 Å². The molecule has 1 N–H and O–H groups in total. The normalized spacial score (nSPS) is 11.0. The number of hydrogen-bond donors (Lipinski definition) is 1. The van der Waals surface area contributed by atoms with Gasteiger partial charge in [-0.25, -0.2) is 4.98 Å². The van der Waals surface area contributed by atoms with Crippen molar-refractivity contribution in [2.24, 2.45) is 0 Å². The lowest BCUT2D eigenvalue weighted by Crippen LogP contribution is -2.29. The quantitative estimate of drug-likeness (QED) is 0.171. The number of hydrogen-bond acceptors (Lipinski definition) is 4. The molecule has 0 atom stereocenters. The number of aryl methyl sites for hydroxylation is 3. The van der Waals surface area contributed by atoms with E-state index >= 15 is 0 Å². The van der Waals surface area contributed by atoms with E-state index in [2.05, 4.69) is 47.1 Å². The van der Waals surface area contributed by atoms with Crippen molar-refractivity contribution < 1.29 is 14.3 Å². The molecule has 0 aliphatic carbocycles. The van der Waals surface area contributed by atoms with Gasteiger partial charge in [0.05, 0.1) is 17.6 Å². The Balaban J connectivity index is 1.16. The van der Waals surface area contributed by atoms with Crippen molar-refractivity contribution in [2.75, 3.05) is 19.8 Å². The van der Waals surface area contributed by atoms with Crippen LogP contribution >= 0.6 is 11.6 Å². The van der Waals surface area contributed by atoms with Crippen molar-refractivity contribution in [1.29, 1.82) is 0 Å². The predicted octanol–water partition coefficient (Wildman–Crippen LogP) is 6.77. The number of rotatable bonds is 15. The molecule has 200 valence electrons. The highest BCUT2D eigenvalue weighted by Crippen LogP contribution is 2.19. The Bertz CT molecular complexity index is 1290. The highest BCUT2D eigenvalue weighted by molar-refractivity contribution is 6.30. The van der Waals surface area contributed by atoms with Crippen LogP contribution in [0.4, 0.5) is 0 Å². The van der Waals surface area contributed by atoms with Crippen LogP contribution in [0.25, 0.3) is 11.0 Å². The number of nitrogens with one attached hydrogen (secondary N) is 1. The fraction of sp³-hybridized carbons (Fsp3) is 0.355. The van der Waals surface area contributed by atoms with Crippen LogP contribution in [0, 0.1) is 6.92 Å². The number of ether oxygens (including phenoxy) is 2. The number of amides is 1. The molecule has 0 saturated heterocycles. The van der Waals surface area contributed by atoms with E-state index in [1.807, 2.05) is 18.2 Å². The molecule has 0 aliphatic heterocycles.